The molecule has 1 aliphatic rings. The summed E-state index contributed by atoms with van der Waals surface area (Å²) in [5.41, 5.74) is 1.03. The molecule has 1 heterocycles. The maximum atomic E-state index is 10.7. The summed E-state index contributed by atoms with van der Waals surface area (Å²) in [7, 11) is 0. The van der Waals surface area contributed by atoms with E-state index in [1.54, 1.807) is 12.1 Å². The van der Waals surface area contributed by atoms with Gasteiger partial charge in [0.1, 0.15) is 0 Å². The van der Waals surface area contributed by atoms with E-state index < -0.39 is 4.92 Å². The van der Waals surface area contributed by atoms with Crippen molar-refractivity contribution in [2.75, 3.05) is 31.7 Å². The van der Waals surface area contributed by atoms with Gasteiger partial charge in [0.05, 0.1) is 17.6 Å². The van der Waals surface area contributed by atoms with E-state index in [9.17, 15) is 10.1 Å². The molecule has 1 aliphatic heterocycles. The molecule has 1 fully saturated rings. The molecule has 0 aromatic heterocycles. The molecule has 0 aliphatic carbocycles. The van der Waals surface area contributed by atoms with Crippen LogP contribution in [0.5, 0.6) is 0 Å². The van der Waals surface area contributed by atoms with Crippen molar-refractivity contribution in [3.8, 4) is 0 Å². The van der Waals surface area contributed by atoms with E-state index in [1.807, 2.05) is 11.8 Å². The van der Waals surface area contributed by atoms with Crippen molar-refractivity contribution >= 4 is 47.4 Å². The largest absolute Gasteiger partial charge is 0.376 e. The second kappa shape index (κ2) is 13.2. The molecule has 1 aromatic rings. The topological polar surface area (TPSA) is 88.8 Å². The van der Waals surface area contributed by atoms with Gasteiger partial charge in [-0.1, -0.05) is 12.1 Å². The Labute approximate surface area is 175 Å². The summed E-state index contributed by atoms with van der Waals surface area (Å²) in [4.78, 5) is 14.9. The Bertz CT molecular complexity index is 566. The summed E-state index contributed by atoms with van der Waals surface area (Å²) in [6.07, 6.45) is 5.61. The maximum Gasteiger partial charge on any atom is 0.269 e. The van der Waals surface area contributed by atoms with E-state index >= 15 is 0 Å². The smallest absolute Gasteiger partial charge is 0.269 e. The molecule has 0 bridgehead atoms. The first-order chi connectivity index (χ1) is 12.2. The second-order valence-electron chi connectivity index (χ2n) is 5.88. The lowest BCUT2D eigenvalue weighted by atomic mass is 10.2. The molecule has 2 rings (SSSR count). The first kappa shape index (κ1) is 23.0. The second-order valence-corrected chi connectivity index (χ2v) is 6.86. The Kier molecular flexibility index (Phi) is 11.6. The molecule has 26 heavy (non-hydrogen) atoms. The molecule has 1 aromatic carbocycles. The van der Waals surface area contributed by atoms with Crippen molar-refractivity contribution in [2.45, 2.75) is 31.9 Å². The van der Waals surface area contributed by atoms with Crippen LogP contribution in [0, 0.1) is 10.1 Å². The third kappa shape index (κ3) is 8.54. The minimum atomic E-state index is -0.394. The van der Waals surface area contributed by atoms with Gasteiger partial charge in [-0.25, -0.2) is 4.99 Å². The van der Waals surface area contributed by atoms with Gasteiger partial charge in [-0.2, -0.15) is 11.8 Å². The number of thioether (sulfide) groups is 1. The SMILES string of the molecule is CSCCCNC(=NCc1ccc([N+](=O)[O-])cc1)NCC1CCCO1.I. The van der Waals surface area contributed by atoms with Crippen molar-refractivity contribution in [1.82, 2.24) is 10.6 Å². The van der Waals surface area contributed by atoms with E-state index in [2.05, 4.69) is 21.9 Å². The molecule has 1 atom stereocenters. The van der Waals surface area contributed by atoms with Crippen LogP contribution in [0.1, 0.15) is 24.8 Å². The van der Waals surface area contributed by atoms with Gasteiger partial charge in [-0.3, -0.25) is 10.1 Å². The molecule has 9 heteroatoms. The van der Waals surface area contributed by atoms with E-state index in [4.69, 9.17) is 4.74 Å². The molecule has 1 saturated heterocycles. The quantitative estimate of drug-likeness (QED) is 0.137. The number of rotatable bonds is 9. The van der Waals surface area contributed by atoms with E-state index in [0.29, 0.717) is 6.54 Å². The molecule has 146 valence electrons. The van der Waals surface area contributed by atoms with Crippen LogP contribution in [-0.4, -0.2) is 48.7 Å². The van der Waals surface area contributed by atoms with Crippen LogP contribution in [0.25, 0.3) is 0 Å². The molecule has 1 unspecified atom stereocenters. The molecular weight excluding hydrogens is 467 g/mol. The average Bonchev–Trinajstić information content (AvgIpc) is 3.14. The van der Waals surface area contributed by atoms with E-state index in [-0.39, 0.29) is 35.8 Å². The number of guanidine groups is 1. The number of nitro groups is 1. The maximum absolute atomic E-state index is 10.7. The number of ether oxygens (including phenoxy) is 1. The standard InChI is InChI=1S/C17H26N4O3S.HI/c1-25-11-3-9-18-17(20-13-16-4-2-10-24-16)19-12-14-5-7-15(8-6-14)21(22)23;/h5-8,16H,2-4,9-13H2,1H3,(H2,18,19,20);1H. The van der Waals surface area contributed by atoms with Gasteiger partial charge in [0.25, 0.3) is 5.69 Å². The predicted molar refractivity (Wildman–Crippen MR) is 118 cm³/mol. The summed E-state index contributed by atoms with van der Waals surface area (Å²) < 4.78 is 5.63. The van der Waals surface area contributed by atoms with Gasteiger partial charge in [0, 0.05) is 31.8 Å². The zero-order chi connectivity index (χ0) is 17.9. The van der Waals surface area contributed by atoms with Crippen molar-refractivity contribution in [3.63, 3.8) is 0 Å². The third-order valence-electron chi connectivity index (χ3n) is 3.91. The summed E-state index contributed by atoms with van der Waals surface area (Å²) >= 11 is 1.83. The predicted octanol–water partition coefficient (Wildman–Crippen LogP) is 3.18. The summed E-state index contributed by atoms with van der Waals surface area (Å²) in [5, 5.41) is 17.4. The van der Waals surface area contributed by atoms with Crippen LogP contribution in [0.15, 0.2) is 29.3 Å². The first-order valence-electron chi connectivity index (χ1n) is 8.55. The van der Waals surface area contributed by atoms with Crippen LogP contribution in [0.3, 0.4) is 0 Å². The zero-order valence-electron chi connectivity index (χ0n) is 15.0. The lowest BCUT2D eigenvalue weighted by Gasteiger charge is -2.15. The van der Waals surface area contributed by atoms with Gasteiger partial charge in [-0.05, 0) is 36.8 Å². The number of nitrogens with one attached hydrogen (secondary N) is 2. The highest BCUT2D eigenvalue weighted by atomic mass is 127. The van der Waals surface area contributed by atoms with Crippen LogP contribution in [0.4, 0.5) is 5.69 Å². The monoisotopic (exact) mass is 494 g/mol. The number of hydrogen-bond acceptors (Lipinski definition) is 5. The van der Waals surface area contributed by atoms with Crippen molar-refractivity contribution < 1.29 is 9.66 Å². The molecule has 2 N–H and O–H groups in total. The van der Waals surface area contributed by atoms with E-state index in [1.165, 1.54) is 12.1 Å². The lowest BCUT2D eigenvalue weighted by molar-refractivity contribution is -0.384. The lowest BCUT2D eigenvalue weighted by Crippen LogP contribution is -2.41. The van der Waals surface area contributed by atoms with Crippen LogP contribution in [0.2, 0.25) is 0 Å². The molecular formula is C17H27IN4O3S. The van der Waals surface area contributed by atoms with Crippen molar-refractivity contribution in [2.24, 2.45) is 4.99 Å². The third-order valence-corrected chi connectivity index (χ3v) is 4.60. The molecule has 0 spiro atoms. The summed E-state index contributed by atoms with van der Waals surface area (Å²) in [6, 6.07) is 6.51. The van der Waals surface area contributed by atoms with Gasteiger partial charge >= 0.3 is 0 Å². The van der Waals surface area contributed by atoms with Gasteiger partial charge in [0.15, 0.2) is 5.96 Å². The number of halogens is 1. The average molecular weight is 494 g/mol. The fraction of sp³-hybridized carbons (Fsp3) is 0.588. The number of nitrogens with zero attached hydrogens (tertiary/aromatic N) is 2. The van der Waals surface area contributed by atoms with Crippen LogP contribution >= 0.6 is 35.7 Å². The highest BCUT2D eigenvalue weighted by Gasteiger charge is 2.15. The van der Waals surface area contributed by atoms with Crippen molar-refractivity contribution in [1.29, 1.82) is 0 Å². The summed E-state index contributed by atoms with van der Waals surface area (Å²) in [6.45, 7) is 2.91. The van der Waals surface area contributed by atoms with E-state index in [0.717, 1.165) is 56.2 Å². The number of benzene rings is 1. The number of nitro benzene ring substituents is 1. The highest BCUT2D eigenvalue weighted by Crippen LogP contribution is 2.13. The molecule has 0 amide bonds. The number of hydrogen-bond donors (Lipinski definition) is 2. The van der Waals surface area contributed by atoms with Gasteiger partial charge in [-0.15, -0.1) is 24.0 Å². The zero-order valence-corrected chi connectivity index (χ0v) is 18.1. The fourth-order valence-corrected chi connectivity index (χ4v) is 2.94. The first-order valence-corrected chi connectivity index (χ1v) is 9.94. The number of aliphatic imine (C=N–C) groups is 1. The van der Waals surface area contributed by atoms with Gasteiger partial charge in [0.2, 0.25) is 0 Å². The Morgan fingerprint density at radius 2 is 2.15 bits per heavy atom. The fourth-order valence-electron chi connectivity index (χ4n) is 2.51. The number of non-ortho nitro benzene ring substituents is 1. The Hall–Kier alpha value is -1.07. The minimum Gasteiger partial charge on any atom is -0.376 e. The minimum absolute atomic E-state index is 0. The van der Waals surface area contributed by atoms with Crippen LogP contribution < -0.4 is 10.6 Å². The van der Waals surface area contributed by atoms with Gasteiger partial charge < -0.3 is 15.4 Å². The van der Waals surface area contributed by atoms with Crippen LogP contribution in [-0.2, 0) is 11.3 Å². The Balaban J connectivity index is 0.00000338. The highest BCUT2D eigenvalue weighted by molar-refractivity contribution is 14.0. The van der Waals surface area contributed by atoms with Crippen molar-refractivity contribution in [3.05, 3.63) is 39.9 Å². The molecule has 0 saturated carbocycles. The molecule has 7 nitrogen and oxygen atoms in total. The molecule has 0 radical (unpaired) electrons. The Morgan fingerprint density at radius 3 is 2.77 bits per heavy atom. The Morgan fingerprint density at radius 1 is 1.38 bits per heavy atom. The summed E-state index contributed by atoms with van der Waals surface area (Å²) in [5.74, 6) is 1.86. The normalized spacial score (nSPS) is 16.8.